The molecule has 3 rings (SSSR count). The Labute approximate surface area is 120 Å². The average Bonchev–Trinajstić information content (AvgIpc) is 2.91. The van der Waals surface area contributed by atoms with Crippen LogP contribution in [0.4, 0.5) is 0 Å². The summed E-state index contributed by atoms with van der Waals surface area (Å²) in [4.78, 5) is 15.8. The van der Waals surface area contributed by atoms with Gasteiger partial charge in [0.15, 0.2) is 0 Å². The molecule has 1 atom stereocenters. The van der Waals surface area contributed by atoms with Crippen molar-refractivity contribution in [1.29, 1.82) is 0 Å². The number of carbonyl (C=O) groups excluding carboxylic acids is 1. The molecule has 0 bridgehead atoms. The molecule has 0 spiro atoms. The molecule has 1 fully saturated rings. The highest BCUT2D eigenvalue weighted by Gasteiger charge is 2.21. The highest BCUT2D eigenvalue weighted by Crippen LogP contribution is 2.30. The van der Waals surface area contributed by atoms with Crippen molar-refractivity contribution in [3.8, 4) is 5.75 Å². The summed E-state index contributed by atoms with van der Waals surface area (Å²) in [5.41, 5.74) is 6.38. The fourth-order valence-corrected chi connectivity index (χ4v) is 2.42. The Hall–Kier alpha value is -1.85. The summed E-state index contributed by atoms with van der Waals surface area (Å²) in [6, 6.07) is 4.98. The summed E-state index contributed by atoms with van der Waals surface area (Å²) in [6.07, 6.45) is 2.33. The molecule has 0 radical (unpaired) electrons. The summed E-state index contributed by atoms with van der Waals surface area (Å²) in [5, 5.41) is 1.20. The third-order valence-corrected chi connectivity index (χ3v) is 3.57. The van der Waals surface area contributed by atoms with Crippen molar-refractivity contribution in [2.45, 2.75) is 12.5 Å². The summed E-state index contributed by atoms with van der Waals surface area (Å²) in [5.74, 6) is -0.129. The van der Waals surface area contributed by atoms with Gasteiger partial charge in [-0.1, -0.05) is 11.6 Å². The number of nitrogens with two attached hydrogens (primary N) is 1. The van der Waals surface area contributed by atoms with Gasteiger partial charge >= 0.3 is 0 Å². The van der Waals surface area contributed by atoms with Crippen molar-refractivity contribution in [2.24, 2.45) is 5.73 Å². The van der Waals surface area contributed by atoms with Gasteiger partial charge in [0.25, 0.3) is 5.91 Å². The van der Waals surface area contributed by atoms with Crippen LogP contribution in [0.25, 0.3) is 10.9 Å². The van der Waals surface area contributed by atoms with Crippen LogP contribution in [0.3, 0.4) is 0 Å². The number of benzene rings is 1. The van der Waals surface area contributed by atoms with Crippen LogP contribution in [0.5, 0.6) is 5.75 Å². The van der Waals surface area contributed by atoms with Crippen molar-refractivity contribution in [1.82, 2.24) is 4.98 Å². The standard InChI is InChI=1S/C14H13ClN2O3/c15-11-1-3-17-12-6-13(20-8-2-4-19-7-8)10(14(16)18)5-9(11)12/h1,3,5-6,8H,2,4,7H2,(H2,16,18)/t8-/m1/s1. The summed E-state index contributed by atoms with van der Waals surface area (Å²) in [7, 11) is 0. The number of ether oxygens (including phenoxy) is 2. The molecule has 1 aliphatic heterocycles. The second-order valence-corrected chi connectivity index (χ2v) is 5.03. The molecule has 0 saturated carbocycles. The lowest BCUT2D eigenvalue weighted by Crippen LogP contribution is -2.19. The SMILES string of the molecule is NC(=O)c1cc2c(Cl)ccnc2cc1O[C@@H]1CCOC1. The topological polar surface area (TPSA) is 74.4 Å². The zero-order valence-corrected chi connectivity index (χ0v) is 11.4. The number of amides is 1. The van der Waals surface area contributed by atoms with Crippen LogP contribution >= 0.6 is 11.6 Å². The van der Waals surface area contributed by atoms with Gasteiger partial charge in [-0.25, -0.2) is 0 Å². The predicted molar refractivity (Wildman–Crippen MR) is 75.1 cm³/mol. The number of pyridine rings is 1. The molecule has 2 heterocycles. The van der Waals surface area contributed by atoms with Crippen LogP contribution < -0.4 is 10.5 Å². The lowest BCUT2D eigenvalue weighted by atomic mass is 10.1. The first-order valence-electron chi connectivity index (χ1n) is 6.27. The van der Waals surface area contributed by atoms with Gasteiger partial charge in [-0.15, -0.1) is 0 Å². The van der Waals surface area contributed by atoms with E-state index in [1.54, 1.807) is 24.4 Å². The molecule has 1 amide bonds. The largest absolute Gasteiger partial charge is 0.487 e. The third-order valence-electron chi connectivity index (χ3n) is 3.24. The number of halogens is 1. The normalized spacial score (nSPS) is 18.4. The molecule has 20 heavy (non-hydrogen) atoms. The van der Waals surface area contributed by atoms with Gasteiger partial charge in [-0.05, 0) is 12.1 Å². The van der Waals surface area contributed by atoms with Crippen LogP contribution in [0, 0.1) is 0 Å². The first kappa shape index (κ1) is 13.1. The van der Waals surface area contributed by atoms with Crippen molar-refractivity contribution in [3.63, 3.8) is 0 Å². The Bertz CT molecular complexity index is 669. The number of aromatic nitrogens is 1. The number of nitrogens with zero attached hydrogens (tertiary/aromatic N) is 1. The number of fused-ring (bicyclic) bond motifs is 1. The minimum absolute atomic E-state index is 0.0651. The number of rotatable bonds is 3. The van der Waals surface area contributed by atoms with Crippen molar-refractivity contribution in [2.75, 3.05) is 13.2 Å². The fraction of sp³-hybridized carbons (Fsp3) is 0.286. The van der Waals surface area contributed by atoms with Crippen LogP contribution in [0.15, 0.2) is 24.4 Å². The second-order valence-electron chi connectivity index (χ2n) is 4.63. The van der Waals surface area contributed by atoms with E-state index in [2.05, 4.69) is 4.98 Å². The Balaban J connectivity index is 2.08. The molecule has 5 nitrogen and oxygen atoms in total. The Morgan fingerprint density at radius 2 is 2.35 bits per heavy atom. The molecular formula is C14H13ClN2O3. The molecule has 1 aromatic heterocycles. The van der Waals surface area contributed by atoms with E-state index in [1.807, 2.05) is 0 Å². The van der Waals surface area contributed by atoms with Gasteiger partial charge in [0.05, 0.1) is 29.3 Å². The first-order valence-corrected chi connectivity index (χ1v) is 6.65. The van der Waals surface area contributed by atoms with E-state index >= 15 is 0 Å². The molecule has 1 aliphatic rings. The zero-order chi connectivity index (χ0) is 14.1. The molecule has 6 heteroatoms. The van der Waals surface area contributed by atoms with Crippen molar-refractivity contribution < 1.29 is 14.3 Å². The monoisotopic (exact) mass is 292 g/mol. The molecule has 0 aliphatic carbocycles. The van der Waals surface area contributed by atoms with Gasteiger partial charge in [-0.3, -0.25) is 9.78 Å². The summed E-state index contributed by atoms with van der Waals surface area (Å²) >= 11 is 6.10. The van der Waals surface area contributed by atoms with Gasteiger partial charge in [0.2, 0.25) is 0 Å². The van der Waals surface area contributed by atoms with Gasteiger partial charge < -0.3 is 15.2 Å². The van der Waals surface area contributed by atoms with Crippen molar-refractivity contribution >= 4 is 28.4 Å². The molecule has 1 saturated heterocycles. The van der Waals surface area contributed by atoms with Crippen LogP contribution in [-0.2, 0) is 4.74 Å². The summed E-state index contributed by atoms with van der Waals surface area (Å²) < 4.78 is 11.1. The highest BCUT2D eigenvalue weighted by molar-refractivity contribution is 6.35. The van der Waals surface area contributed by atoms with E-state index in [0.717, 1.165) is 6.42 Å². The maximum absolute atomic E-state index is 11.6. The van der Waals surface area contributed by atoms with Crippen LogP contribution in [0.2, 0.25) is 5.02 Å². The molecule has 104 valence electrons. The zero-order valence-electron chi connectivity index (χ0n) is 10.6. The van der Waals surface area contributed by atoms with Crippen LogP contribution in [-0.4, -0.2) is 30.2 Å². The molecular weight excluding hydrogens is 280 g/mol. The molecule has 0 unspecified atom stereocenters. The molecule has 1 aromatic carbocycles. The van der Waals surface area contributed by atoms with Crippen molar-refractivity contribution in [3.05, 3.63) is 35.0 Å². The van der Waals surface area contributed by atoms with E-state index < -0.39 is 5.91 Å². The number of carbonyl (C=O) groups is 1. The van der Waals surface area contributed by atoms with E-state index in [0.29, 0.717) is 40.5 Å². The Morgan fingerprint density at radius 3 is 3.05 bits per heavy atom. The van der Waals surface area contributed by atoms with E-state index in [4.69, 9.17) is 26.8 Å². The minimum atomic E-state index is -0.555. The van der Waals surface area contributed by atoms with Gasteiger partial charge in [0, 0.05) is 24.1 Å². The van der Waals surface area contributed by atoms with E-state index in [-0.39, 0.29) is 6.10 Å². The second kappa shape index (κ2) is 5.26. The maximum Gasteiger partial charge on any atom is 0.252 e. The average molecular weight is 293 g/mol. The fourth-order valence-electron chi connectivity index (χ4n) is 2.22. The highest BCUT2D eigenvalue weighted by atomic mass is 35.5. The number of hydrogen-bond acceptors (Lipinski definition) is 4. The number of hydrogen-bond donors (Lipinski definition) is 1. The molecule has 2 aromatic rings. The first-order chi connectivity index (χ1) is 9.65. The number of primary amides is 1. The van der Waals surface area contributed by atoms with Gasteiger partial charge in [-0.2, -0.15) is 0 Å². The smallest absolute Gasteiger partial charge is 0.252 e. The molecule has 2 N–H and O–H groups in total. The lowest BCUT2D eigenvalue weighted by Gasteiger charge is -2.15. The van der Waals surface area contributed by atoms with Crippen LogP contribution in [0.1, 0.15) is 16.8 Å². The predicted octanol–water partition coefficient (Wildman–Crippen LogP) is 2.15. The minimum Gasteiger partial charge on any atom is -0.487 e. The maximum atomic E-state index is 11.6. The summed E-state index contributed by atoms with van der Waals surface area (Å²) in [6.45, 7) is 1.17. The van der Waals surface area contributed by atoms with E-state index in [9.17, 15) is 4.79 Å². The Morgan fingerprint density at radius 1 is 1.50 bits per heavy atom. The van der Waals surface area contributed by atoms with E-state index in [1.165, 1.54) is 0 Å². The third kappa shape index (κ3) is 2.42. The quantitative estimate of drug-likeness (QED) is 0.940. The lowest BCUT2D eigenvalue weighted by molar-refractivity contribution is 0.0989. The Kier molecular flexibility index (Phi) is 3.46. The van der Waals surface area contributed by atoms with Gasteiger partial charge in [0.1, 0.15) is 11.9 Å².